The first kappa shape index (κ1) is 17.8. The molecule has 0 aromatic heterocycles. The summed E-state index contributed by atoms with van der Waals surface area (Å²) in [5.74, 6) is -1.70. The number of nitro groups is 1. The van der Waals surface area contributed by atoms with E-state index in [1.165, 1.54) is 36.4 Å². The molecule has 2 aromatic carbocycles. The molecule has 7 nitrogen and oxygen atoms in total. The number of aromatic carboxylic acids is 1. The van der Waals surface area contributed by atoms with E-state index >= 15 is 0 Å². The van der Waals surface area contributed by atoms with E-state index in [4.69, 9.17) is 5.11 Å². The van der Waals surface area contributed by atoms with E-state index in [2.05, 4.69) is 5.32 Å². The number of non-ortho nitro benzene ring substituents is 1. The summed E-state index contributed by atoms with van der Waals surface area (Å²) in [5, 5.41) is 22.0. The highest BCUT2D eigenvalue weighted by atomic mass is 16.6. The summed E-state index contributed by atoms with van der Waals surface area (Å²) in [4.78, 5) is 33.0. The van der Waals surface area contributed by atoms with Gasteiger partial charge in [-0.1, -0.05) is 26.0 Å². The van der Waals surface area contributed by atoms with Crippen molar-refractivity contribution in [2.75, 3.05) is 5.32 Å². The van der Waals surface area contributed by atoms with E-state index in [9.17, 15) is 19.7 Å². The van der Waals surface area contributed by atoms with Gasteiger partial charge in [-0.15, -0.1) is 0 Å². The zero-order chi connectivity index (χ0) is 17.4. The minimum Gasteiger partial charge on any atom is -0.478 e. The van der Waals surface area contributed by atoms with E-state index < -0.39 is 16.8 Å². The topological polar surface area (TPSA) is 110 Å². The van der Waals surface area contributed by atoms with E-state index in [-0.39, 0.29) is 22.5 Å². The van der Waals surface area contributed by atoms with Gasteiger partial charge in [0.15, 0.2) is 0 Å². The lowest BCUT2D eigenvalue weighted by Gasteiger charge is -2.08. The second-order valence-corrected chi connectivity index (χ2v) is 4.11. The molecule has 120 valence electrons. The van der Waals surface area contributed by atoms with Crippen LogP contribution >= 0.6 is 0 Å². The largest absolute Gasteiger partial charge is 0.478 e. The number of rotatable bonds is 4. The highest BCUT2D eigenvalue weighted by molar-refractivity contribution is 6.07. The molecule has 0 fully saturated rings. The van der Waals surface area contributed by atoms with Gasteiger partial charge >= 0.3 is 5.97 Å². The van der Waals surface area contributed by atoms with Crippen LogP contribution in [-0.2, 0) is 0 Å². The molecule has 1 amide bonds. The zero-order valence-corrected chi connectivity index (χ0v) is 12.6. The molecule has 0 atom stereocenters. The van der Waals surface area contributed by atoms with Crippen molar-refractivity contribution in [3.63, 3.8) is 0 Å². The predicted molar refractivity (Wildman–Crippen MR) is 85.8 cm³/mol. The maximum Gasteiger partial charge on any atom is 0.337 e. The standard InChI is InChI=1S/C14H10N2O5.C2H6/c17-13(9-5-7-10(8-6-9)16(20)21)15-12-4-2-1-3-11(12)14(18)19;1-2/h1-8H,(H,15,17)(H,18,19);1-2H3. The molecule has 0 saturated carbocycles. The van der Waals surface area contributed by atoms with Crippen LogP contribution < -0.4 is 5.32 Å². The smallest absolute Gasteiger partial charge is 0.337 e. The number of amides is 1. The number of carbonyl (C=O) groups excluding carboxylic acids is 1. The van der Waals surface area contributed by atoms with Crippen LogP contribution in [0.2, 0.25) is 0 Å². The van der Waals surface area contributed by atoms with E-state index in [0.29, 0.717) is 0 Å². The van der Waals surface area contributed by atoms with Crippen LogP contribution in [0, 0.1) is 10.1 Å². The number of benzene rings is 2. The molecule has 2 aromatic rings. The van der Waals surface area contributed by atoms with Gasteiger partial charge in [-0.2, -0.15) is 0 Å². The maximum atomic E-state index is 12.0. The first-order valence-electron chi connectivity index (χ1n) is 6.87. The highest BCUT2D eigenvalue weighted by Gasteiger charge is 2.14. The quantitative estimate of drug-likeness (QED) is 0.662. The summed E-state index contributed by atoms with van der Waals surface area (Å²) in [6.07, 6.45) is 0. The minimum absolute atomic E-state index is 0.0345. The molecule has 0 aliphatic heterocycles. The number of hydrogen-bond acceptors (Lipinski definition) is 4. The predicted octanol–water partition coefficient (Wildman–Crippen LogP) is 3.57. The molecule has 2 rings (SSSR count). The number of nitrogens with one attached hydrogen (secondary N) is 1. The Morgan fingerprint density at radius 1 is 1.04 bits per heavy atom. The monoisotopic (exact) mass is 316 g/mol. The van der Waals surface area contributed by atoms with Crippen LogP contribution in [0.1, 0.15) is 34.6 Å². The molecule has 0 saturated heterocycles. The van der Waals surface area contributed by atoms with E-state index in [0.717, 1.165) is 0 Å². The fourth-order valence-corrected chi connectivity index (χ4v) is 1.71. The number of carboxylic acids is 1. The second kappa shape index (κ2) is 8.28. The van der Waals surface area contributed by atoms with Gasteiger partial charge in [-0.3, -0.25) is 14.9 Å². The third-order valence-corrected chi connectivity index (χ3v) is 2.75. The van der Waals surface area contributed by atoms with E-state index in [1.807, 2.05) is 13.8 Å². The van der Waals surface area contributed by atoms with Crippen LogP contribution in [0.25, 0.3) is 0 Å². The summed E-state index contributed by atoms with van der Waals surface area (Å²) < 4.78 is 0. The molecule has 23 heavy (non-hydrogen) atoms. The second-order valence-electron chi connectivity index (χ2n) is 4.11. The normalized spacial score (nSPS) is 9.30. The van der Waals surface area contributed by atoms with Crippen molar-refractivity contribution >= 4 is 23.3 Å². The Morgan fingerprint density at radius 2 is 1.61 bits per heavy atom. The Hall–Kier alpha value is -3.22. The number of hydrogen-bond donors (Lipinski definition) is 2. The van der Waals surface area contributed by atoms with Gasteiger partial charge < -0.3 is 10.4 Å². The highest BCUT2D eigenvalue weighted by Crippen LogP contribution is 2.17. The average molecular weight is 316 g/mol. The maximum absolute atomic E-state index is 12.0. The van der Waals surface area contributed by atoms with Crippen molar-refractivity contribution in [2.45, 2.75) is 13.8 Å². The SMILES string of the molecule is CC.O=C(Nc1ccccc1C(=O)O)c1ccc([N+](=O)[O-])cc1. The molecule has 0 aliphatic carbocycles. The van der Waals surface area contributed by atoms with Gasteiger partial charge in [0.1, 0.15) is 0 Å². The number of anilines is 1. The van der Waals surface area contributed by atoms with Gasteiger partial charge in [0, 0.05) is 17.7 Å². The lowest BCUT2D eigenvalue weighted by Crippen LogP contribution is -2.14. The Balaban J connectivity index is 0.00000127. The van der Waals surface area contributed by atoms with Gasteiger partial charge in [-0.25, -0.2) is 4.79 Å². The molecule has 0 spiro atoms. The third kappa shape index (κ3) is 4.63. The van der Waals surface area contributed by atoms with Crippen LogP contribution in [0.5, 0.6) is 0 Å². The van der Waals surface area contributed by atoms with Gasteiger partial charge in [0.2, 0.25) is 0 Å². The van der Waals surface area contributed by atoms with Crippen molar-refractivity contribution in [3.8, 4) is 0 Å². The van der Waals surface area contributed by atoms with Crippen LogP contribution in [0.15, 0.2) is 48.5 Å². The van der Waals surface area contributed by atoms with Crippen molar-refractivity contribution in [1.29, 1.82) is 0 Å². The number of nitro benzene ring substituents is 1. The number of carbonyl (C=O) groups is 2. The molecule has 0 heterocycles. The minimum atomic E-state index is -1.16. The number of para-hydroxylation sites is 1. The lowest BCUT2D eigenvalue weighted by molar-refractivity contribution is -0.384. The van der Waals surface area contributed by atoms with E-state index in [1.54, 1.807) is 12.1 Å². The fraction of sp³-hybridized carbons (Fsp3) is 0.125. The first-order valence-corrected chi connectivity index (χ1v) is 6.87. The van der Waals surface area contributed by atoms with Gasteiger partial charge in [0.25, 0.3) is 11.6 Å². The third-order valence-electron chi connectivity index (χ3n) is 2.75. The summed E-state index contributed by atoms with van der Waals surface area (Å²) in [6, 6.07) is 11.0. The van der Waals surface area contributed by atoms with Crippen molar-refractivity contribution in [1.82, 2.24) is 0 Å². The molecule has 7 heteroatoms. The van der Waals surface area contributed by atoms with Gasteiger partial charge in [-0.05, 0) is 24.3 Å². The van der Waals surface area contributed by atoms with Crippen molar-refractivity contribution < 1.29 is 19.6 Å². The zero-order valence-electron chi connectivity index (χ0n) is 12.6. The summed E-state index contributed by atoms with van der Waals surface area (Å²) >= 11 is 0. The van der Waals surface area contributed by atoms with Crippen molar-refractivity contribution in [3.05, 3.63) is 69.8 Å². The molecule has 2 N–H and O–H groups in total. The summed E-state index contributed by atoms with van der Waals surface area (Å²) in [6.45, 7) is 4.00. The van der Waals surface area contributed by atoms with Crippen molar-refractivity contribution in [2.24, 2.45) is 0 Å². The Kier molecular flexibility index (Phi) is 6.42. The molecule has 0 bridgehead atoms. The molecular weight excluding hydrogens is 300 g/mol. The molecule has 0 aliphatic rings. The summed E-state index contributed by atoms with van der Waals surface area (Å²) in [7, 11) is 0. The first-order chi connectivity index (χ1) is 11.0. The Morgan fingerprint density at radius 3 is 2.13 bits per heavy atom. The van der Waals surface area contributed by atoms with Crippen LogP contribution in [0.4, 0.5) is 11.4 Å². The number of carboxylic acid groups (broad SMARTS) is 1. The fourth-order valence-electron chi connectivity index (χ4n) is 1.71. The molecular formula is C16H16N2O5. The molecule has 0 radical (unpaired) electrons. The van der Waals surface area contributed by atoms with Gasteiger partial charge in [0.05, 0.1) is 16.2 Å². The Labute approximate surface area is 132 Å². The summed E-state index contributed by atoms with van der Waals surface area (Å²) in [5.41, 5.74) is 0.194. The van der Waals surface area contributed by atoms with Crippen LogP contribution in [-0.4, -0.2) is 21.9 Å². The Bertz CT molecular complexity index is 711. The number of nitrogens with zero attached hydrogens (tertiary/aromatic N) is 1. The van der Waals surface area contributed by atoms with Crippen LogP contribution in [0.3, 0.4) is 0 Å². The molecule has 0 unspecified atom stereocenters. The lowest BCUT2D eigenvalue weighted by atomic mass is 10.1. The average Bonchev–Trinajstić information content (AvgIpc) is 2.57.